The van der Waals surface area contributed by atoms with E-state index in [9.17, 15) is 18.0 Å². The van der Waals surface area contributed by atoms with Gasteiger partial charge in [-0.1, -0.05) is 36.4 Å². The zero-order valence-corrected chi connectivity index (χ0v) is 12.0. The fraction of sp³-hybridized carbons (Fsp3) is 0.235. The molecule has 0 fully saturated rings. The molecule has 2 rings (SSSR count). The molecule has 1 N–H and O–H groups in total. The van der Waals surface area contributed by atoms with E-state index in [1.807, 2.05) is 6.07 Å². The van der Waals surface area contributed by atoms with Gasteiger partial charge in [0.15, 0.2) is 0 Å². The van der Waals surface area contributed by atoms with Crippen LogP contribution in [0.3, 0.4) is 0 Å². The van der Waals surface area contributed by atoms with E-state index >= 15 is 0 Å². The topological polar surface area (TPSA) is 29.1 Å². The highest BCUT2D eigenvalue weighted by Gasteiger charge is 2.30. The van der Waals surface area contributed by atoms with Crippen molar-refractivity contribution in [1.82, 2.24) is 5.32 Å². The predicted octanol–water partition coefficient (Wildman–Crippen LogP) is 4.07. The minimum atomic E-state index is -4.35. The maximum atomic E-state index is 12.7. The van der Waals surface area contributed by atoms with Gasteiger partial charge in [-0.15, -0.1) is 0 Å². The average molecular weight is 307 g/mol. The summed E-state index contributed by atoms with van der Waals surface area (Å²) < 4.78 is 38.0. The van der Waals surface area contributed by atoms with E-state index in [0.29, 0.717) is 17.5 Å². The van der Waals surface area contributed by atoms with Gasteiger partial charge in [-0.3, -0.25) is 4.79 Å². The molecule has 2 nitrogen and oxygen atoms in total. The van der Waals surface area contributed by atoms with Gasteiger partial charge in [0.1, 0.15) is 0 Å². The number of alkyl halides is 3. The third kappa shape index (κ3) is 4.35. The second kappa shape index (κ2) is 6.64. The Morgan fingerprint density at radius 2 is 1.77 bits per heavy atom. The summed E-state index contributed by atoms with van der Waals surface area (Å²) in [7, 11) is 0. The first-order chi connectivity index (χ1) is 10.4. The zero-order valence-electron chi connectivity index (χ0n) is 12.0. The number of carbonyl (C=O) groups excluding carboxylic acids is 1. The van der Waals surface area contributed by atoms with Crippen molar-refractivity contribution in [3.05, 3.63) is 71.3 Å². The van der Waals surface area contributed by atoms with E-state index in [1.54, 1.807) is 37.3 Å². The van der Waals surface area contributed by atoms with Crippen molar-refractivity contribution in [1.29, 1.82) is 0 Å². The van der Waals surface area contributed by atoms with Crippen LogP contribution in [-0.4, -0.2) is 11.9 Å². The van der Waals surface area contributed by atoms with E-state index in [-0.39, 0.29) is 11.9 Å². The van der Waals surface area contributed by atoms with Crippen LogP contribution in [0, 0.1) is 0 Å². The molecule has 22 heavy (non-hydrogen) atoms. The number of halogens is 3. The number of amides is 1. The quantitative estimate of drug-likeness (QED) is 0.906. The van der Waals surface area contributed by atoms with Crippen molar-refractivity contribution < 1.29 is 18.0 Å². The summed E-state index contributed by atoms with van der Waals surface area (Å²) in [6.45, 7) is 1.76. The van der Waals surface area contributed by atoms with Crippen molar-refractivity contribution in [2.75, 3.05) is 0 Å². The Bertz CT molecular complexity index is 638. The molecule has 0 unspecified atom stereocenters. The Labute approximate surface area is 127 Å². The molecule has 0 aromatic heterocycles. The highest BCUT2D eigenvalue weighted by Crippen LogP contribution is 2.29. The van der Waals surface area contributed by atoms with E-state index in [4.69, 9.17) is 0 Å². The first-order valence-electron chi connectivity index (χ1n) is 6.88. The third-order valence-corrected chi connectivity index (χ3v) is 3.21. The molecular weight excluding hydrogens is 291 g/mol. The maximum Gasteiger partial charge on any atom is 0.416 e. The smallest absolute Gasteiger partial charge is 0.349 e. The number of benzene rings is 2. The van der Waals surface area contributed by atoms with E-state index in [1.165, 1.54) is 6.07 Å². The first-order valence-corrected chi connectivity index (χ1v) is 6.88. The van der Waals surface area contributed by atoms with Crippen LogP contribution < -0.4 is 5.32 Å². The van der Waals surface area contributed by atoms with Crippen molar-refractivity contribution in [3.8, 4) is 0 Å². The molecule has 5 heteroatoms. The minimum absolute atomic E-state index is 0.236. The van der Waals surface area contributed by atoms with Crippen LogP contribution in [0.15, 0.2) is 54.6 Å². The monoisotopic (exact) mass is 307 g/mol. The maximum absolute atomic E-state index is 12.7. The molecule has 1 atom stereocenters. The van der Waals surface area contributed by atoms with Crippen molar-refractivity contribution in [2.24, 2.45) is 0 Å². The molecule has 0 radical (unpaired) electrons. The van der Waals surface area contributed by atoms with Crippen LogP contribution in [0.1, 0.15) is 28.4 Å². The molecule has 0 aliphatic heterocycles. The Balaban J connectivity index is 2.00. The van der Waals surface area contributed by atoms with E-state index < -0.39 is 11.7 Å². The molecule has 0 saturated heterocycles. The molecule has 0 saturated carbocycles. The molecule has 0 spiro atoms. The molecule has 1 amide bonds. The third-order valence-electron chi connectivity index (χ3n) is 3.21. The lowest BCUT2D eigenvalue weighted by Gasteiger charge is -2.15. The predicted molar refractivity (Wildman–Crippen MR) is 78.5 cm³/mol. The largest absolute Gasteiger partial charge is 0.416 e. The SMILES string of the molecule is C[C@H](Cc1cccc(C(F)(F)F)c1)NC(=O)c1ccccc1. The van der Waals surface area contributed by atoms with Crippen LogP contribution in [0.25, 0.3) is 0 Å². The van der Waals surface area contributed by atoms with Gasteiger partial charge in [-0.25, -0.2) is 0 Å². The van der Waals surface area contributed by atoms with Crippen LogP contribution in [-0.2, 0) is 12.6 Å². The summed E-state index contributed by atoms with van der Waals surface area (Å²) in [5.74, 6) is -0.236. The van der Waals surface area contributed by atoms with E-state index in [2.05, 4.69) is 5.32 Å². The molecular formula is C17H16F3NO. The average Bonchev–Trinajstić information content (AvgIpc) is 2.47. The minimum Gasteiger partial charge on any atom is -0.349 e. The molecule has 2 aromatic rings. The summed E-state index contributed by atoms with van der Waals surface area (Å²) in [5.41, 5.74) is 0.390. The van der Waals surface area contributed by atoms with Gasteiger partial charge >= 0.3 is 6.18 Å². The normalized spacial score (nSPS) is 12.7. The fourth-order valence-corrected chi connectivity index (χ4v) is 2.18. The lowest BCUT2D eigenvalue weighted by molar-refractivity contribution is -0.137. The van der Waals surface area contributed by atoms with Gasteiger partial charge in [0.05, 0.1) is 5.56 Å². The van der Waals surface area contributed by atoms with Crippen LogP contribution in [0.4, 0.5) is 13.2 Å². The van der Waals surface area contributed by atoms with Gasteiger partial charge < -0.3 is 5.32 Å². The number of hydrogen-bond donors (Lipinski definition) is 1. The summed E-state index contributed by atoms with van der Waals surface area (Å²) in [6.07, 6.45) is -4.02. The Morgan fingerprint density at radius 1 is 1.09 bits per heavy atom. The van der Waals surface area contributed by atoms with Gasteiger partial charge in [0.25, 0.3) is 5.91 Å². The van der Waals surface area contributed by atoms with Crippen molar-refractivity contribution in [2.45, 2.75) is 25.6 Å². The molecule has 0 heterocycles. The molecule has 2 aromatic carbocycles. The number of rotatable bonds is 4. The van der Waals surface area contributed by atoms with Crippen molar-refractivity contribution in [3.63, 3.8) is 0 Å². The number of hydrogen-bond acceptors (Lipinski definition) is 1. The van der Waals surface area contributed by atoms with Crippen molar-refractivity contribution >= 4 is 5.91 Å². The highest BCUT2D eigenvalue weighted by molar-refractivity contribution is 5.94. The molecule has 0 aliphatic carbocycles. The van der Waals surface area contributed by atoms with Gasteiger partial charge in [-0.05, 0) is 37.1 Å². The zero-order chi connectivity index (χ0) is 16.2. The van der Waals surface area contributed by atoms with Gasteiger partial charge in [0, 0.05) is 11.6 Å². The fourth-order valence-electron chi connectivity index (χ4n) is 2.18. The van der Waals surface area contributed by atoms with Crippen LogP contribution in [0.5, 0.6) is 0 Å². The van der Waals surface area contributed by atoms with E-state index in [0.717, 1.165) is 12.1 Å². The van der Waals surface area contributed by atoms with Gasteiger partial charge in [0.2, 0.25) is 0 Å². The molecule has 0 aliphatic rings. The summed E-state index contributed by atoms with van der Waals surface area (Å²) >= 11 is 0. The molecule has 116 valence electrons. The Morgan fingerprint density at radius 3 is 2.41 bits per heavy atom. The summed E-state index contributed by atoms with van der Waals surface area (Å²) in [6, 6.07) is 13.6. The second-order valence-corrected chi connectivity index (χ2v) is 5.14. The Kier molecular flexibility index (Phi) is 4.85. The highest BCUT2D eigenvalue weighted by atomic mass is 19.4. The number of carbonyl (C=O) groups is 1. The number of nitrogens with one attached hydrogen (secondary N) is 1. The van der Waals surface area contributed by atoms with Crippen LogP contribution >= 0.6 is 0 Å². The van der Waals surface area contributed by atoms with Gasteiger partial charge in [-0.2, -0.15) is 13.2 Å². The lowest BCUT2D eigenvalue weighted by Crippen LogP contribution is -2.34. The molecule has 0 bridgehead atoms. The summed E-state index contributed by atoms with van der Waals surface area (Å²) in [5, 5.41) is 2.78. The second-order valence-electron chi connectivity index (χ2n) is 5.14. The first kappa shape index (κ1) is 16.1. The van der Waals surface area contributed by atoms with Crippen LogP contribution in [0.2, 0.25) is 0 Å². The lowest BCUT2D eigenvalue weighted by atomic mass is 10.0. The standard InChI is InChI=1S/C17H16F3NO/c1-12(21-16(22)14-7-3-2-4-8-14)10-13-6-5-9-15(11-13)17(18,19)20/h2-9,11-12H,10H2,1H3,(H,21,22)/t12-/m1/s1. The Hall–Kier alpha value is -2.30. The summed E-state index contributed by atoms with van der Waals surface area (Å²) in [4.78, 5) is 12.0.